The molecule has 0 unspecified atom stereocenters. The molecule has 0 aliphatic carbocycles. The quantitative estimate of drug-likeness (QED) is 0.496. The molecule has 2 nitrogen and oxygen atoms in total. The highest BCUT2D eigenvalue weighted by molar-refractivity contribution is 5.41. The van der Waals surface area contributed by atoms with E-state index in [1.54, 1.807) is 0 Å². The fraction of sp³-hybridized carbons (Fsp3) is 0. The van der Waals surface area contributed by atoms with Gasteiger partial charge in [-0.05, 0) is 12.1 Å². The fourth-order valence-electron chi connectivity index (χ4n) is 1.00. The molecule has 1 aliphatic heterocycles. The summed E-state index contributed by atoms with van der Waals surface area (Å²) < 4.78 is 0. The molecular formula is C8H8N2. The zero-order chi connectivity index (χ0) is 6.81. The summed E-state index contributed by atoms with van der Waals surface area (Å²) in [6.45, 7) is 0. The smallest absolute Gasteiger partial charge is 0.0616 e. The summed E-state index contributed by atoms with van der Waals surface area (Å²) in [5.74, 6) is 0. The first kappa shape index (κ1) is 5.35. The maximum atomic E-state index is 3.11. The van der Waals surface area contributed by atoms with Gasteiger partial charge in [-0.3, -0.25) is 0 Å². The minimum Gasteiger partial charge on any atom is -0.366 e. The molecule has 2 heteroatoms. The van der Waals surface area contributed by atoms with Crippen molar-refractivity contribution in [1.29, 1.82) is 0 Å². The van der Waals surface area contributed by atoms with Crippen LogP contribution in [0, 0.1) is 0 Å². The van der Waals surface area contributed by atoms with E-state index in [2.05, 4.69) is 16.4 Å². The van der Waals surface area contributed by atoms with Crippen LogP contribution in [0.4, 0.5) is 0 Å². The van der Waals surface area contributed by atoms with Gasteiger partial charge in [0.05, 0.1) is 5.35 Å². The summed E-state index contributed by atoms with van der Waals surface area (Å²) in [5.41, 5.74) is 0. The van der Waals surface area contributed by atoms with Crippen LogP contribution in [0.1, 0.15) is 0 Å². The molecule has 2 rings (SSSR count). The molecule has 0 saturated heterocycles. The van der Waals surface area contributed by atoms with Crippen molar-refractivity contribution in [1.82, 2.24) is 10.3 Å². The lowest BCUT2D eigenvalue weighted by molar-refractivity contribution is 1.23. The molecule has 0 radical (unpaired) electrons. The first-order valence-electron chi connectivity index (χ1n) is 3.23. The van der Waals surface area contributed by atoms with Gasteiger partial charge in [-0.2, -0.15) is 0 Å². The Bertz CT molecular complexity index is 357. The lowest BCUT2D eigenvalue weighted by atomic mass is 10.4. The minimum absolute atomic E-state index is 1.13. The van der Waals surface area contributed by atoms with Crippen molar-refractivity contribution in [2.24, 2.45) is 0 Å². The number of hydrogen-bond donors (Lipinski definition) is 2. The predicted molar refractivity (Wildman–Crippen MR) is 41.2 cm³/mol. The number of aromatic amines is 1. The summed E-state index contributed by atoms with van der Waals surface area (Å²) in [7, 11) is 0. The van der Waals surface area contributed by atoms with Gasteiger partial charge in [-0.25, -0.2) is 0 Å². The summed E-state index contributed by atoms with van der Waals surface area (Å²) in [4.78, 5) is 3.11. The Balaban J connectivity index is 2.82. The van der Waals surface area contributed by atoms with E-state index in [9.17, 15) is 0 Å². The van der Waals surface area contributed by atoms with E-state index in [1.807, 2.05) is 30.7 Å². The predicted octanol–water partition coefficient (Wildman–Crippen LogP) is -0.350. The Kier molecular flexibility index (Phi) is 1.10. The van der Waals surface area contributed by atoms with Crippen LogP contribution in [0.5, 0.6) is 0 Å². The van der Waals surface area contributed by atoms with Gasteiger partial charge in [0.1, 0.15) is 0 Å². The minimum atomic E-state index is 1.13. The maximum Gasteiger partial charge on any atom is 0.0616 e. The molecule has 1 aromatic heterocycles. The van der Waals surface area contributed by atoms with Gasteiger partial charge < -0.3 is 10.3 Å². The molecule has 0 bridgehead atoms. The van der Waals surface area contributed by atoms with E-state index >= 15 is 0 Å². The summed E-state index contributed by atoms with van der Waals surface area (Å²) in [6, 6.07) is 2.04. The van der Waals surface area contributed by atoms with Gasteiger partial charge in [0, 0.05) is 23.8 Å². The average Bonchev–Trinajstić information content (AvgIpc) is 2.28. The molecule has 1 aliphatic rings. The summed E-state index contributed by atoms with van der Waals surface area (Å²) in [5, 5.41) is 5.37. The Hall–Kier alpha value is -1.44. The molecule has 2 N–H and O–H groups in total. The van der Waals surface area contributed by atoms with Crippen molar-refractivity contribution in [2.45, 2.75) is 0 Å². The average molecular weight is 132 g/mol. The fourth-order valence-corrected chi connectivity index (χ4v) is 1.00. The van der Waals surface area contributed by atoms with Crippen LogP contribution in [-0.4, -0.2) is 4.98 Å². The highest BCUT2D eigenvalue weighted by Crippen LogP contribution is 1.74. The number of allylic oxidation sites excluding steroid dienone is 1. The van der Waals surface area contributed by atoms with Gasteiger partial charge in [0.25, 0.3) is 0 Å². The Labute approximate surface area is 58.6 Å². The normalized spacial score (nSPS) is 14.0. The van der Waals surface area contributed by atoms with E-state index in [-0.39, 0.29) is 0 Å². The number of fused-ring (bicyclic) bond motifs is 1. The second-order valence-electron chi connectivity index (χ2n) is 2.18. The van der Waals surface area contributed by atoms with Gasteiger partial charge in [0.2, 0.25) is 0 Å². The molecular weight excluding hydrogens is 124 g/mol. The van der Waals surface area contributed by atoms with E-state index in [4.69, 9.17) is 0 Å². The molecule has 50 valence electrons. The molecule has 0 fully saturated rings. The van der Waals surface area contributed by atoms with Crippen molar-refractivity contribution in [2.75, 3.05) is 0 Å². The summed E-state index contributed by atoms with van der Waals surface area (Å²) >= 11 is 0. The van der Waals surface area contributed by atoms with E-state index in [1.165, 1.54) is 5.22 Å². The third kappa shape index (κ3) is 0.739. The molecule has 2 heterocycles. The van der Waals surface area contributed by atoms with E-state index in [0.717, 1.165) is 5.35 Å². The van der Waals surface area contributed by atoms with E-state index in [0.29, 0.717) is 0 Å². The van der Waals surface area contributed by atoms with Crippen molar-refractivity contribution in [3.8, 4) is 0 Å². The zero-order valence-electron chi connectivity index (χ0n) is 5.46. The van der Waals surface area contributed by atoms with Gasteiger partial charge in [-0.1, -0.05) is 6.08 Å². The van der Waals surface area contributed by atoms with Crippen molar-refractivity contribution in [3.05, 3.63) is 35.1 Å². The molecule has 0 saturated carbocycles. The highest BCUT2D eigenvalue weighted by atomic mass is 14.8. The molecule has 10 heavy (non-hydrogen) atoms. The number of hydrogen-bond acceptors (Lipinski definition) is 1. The second kappa shape index (κ2) is 2.06. The van der Waals surface area contributed by atoms with Crippen LogP contribution in [0.15, 0.2) is 24.5 Å². The first-order valence-corrected chi connectivity index (χ1v) is 3.23. The van der Waals surface area contributed by atoms with Gasteiger partial charge in [0.15, 0.2) is 0 Å². The Morgan fingerprint density at radius 3 is 3.30 bits per heavy atom. The molecule has 1 aromatic rings. The maximum absolute atomic E-state index is 3.11. The van der Waals surface area contributed by atoms with Crippen molar-refractivity contribution < 1.29 is 0 Å². The second-order valence-corrected chi connectivity index (χ2v) is 2.18. The molecule has 0 aromatic carbocycles. The Morgan fingerprint density at radius 1 is 1.30 bits per heavy atom. The number of nitrogens with one attached hydrogen (secondary N) is 2. The number of H-pyrrole nitrogens is 1. The lowest BCUT2D eigenvalue weighted by Crippen LogP contribution is -2.22. The standard InChI is InChI=1S/C8H8N2/c1-2-7-3-5-10-8(7)6-9-4-1/h1-6,9-10H. The zero-order valence-corrected chi connectivity index (χ0v) is 5.46. The number of rotatable bonds is 0. The first-order chi connectivity index (χ1) is 4.97. The Morgan fingerprint density at radius 2 is 2.30 bits per heavy atom. The van der Waals surface area contributed by atoms with Gasteiger partial charge in [-0.15, -0.1) is 0 Å². The highest BCUT2D eigenvalue weighted by Gasteiger charge is 1.84. The van der Waals surface area contributed by atoms with Crippen molar-refractivity contribution >= 4 is 12.3 Å². The molecule has 0 amide bonds. The van der Waals surface area contributed by atoms with Gasteiger partial charge >= 0.3 is 0 Å². The van der Waals surface area contributed by atoms with Crippen LogP contribution in [0.2, 0.25) is 0 Å². The third-order valence-electron chi connectivity index (χ3n) is 1.51. The largest absolute Gasteiger partial charge is 0.366 e. The van der Waals surface area contributed by atoms with Crippen LogP contribution in [-0.2, 0) is 0 Å². The van der Waals surface area contributed by atoms with Crippen molar-refractivity contribution in [3.63, 3.8) is 0 Å². The van der Waals surface area contributed by atoms with Crippen LogP contribution in [0.25, 0.3) is 12.3 Å². The van der Waals surface area contributed by atoms with E-state index < -0.39 is 0 Å². The number of aromatic nitrogens is 1. The van der Waals surface area contributed by atoms with Crippen LogP contribution >= 0.6 is 0 Å². The topological polar surface area (TPSA) is 27.8 Å². The lowest BCUT2D eigenvalue weighted by Gasteiger charge is -1.81. The molecule has 0 spiro atoms. The van der Waals surface area contributed by atoms with Crippen LogP contribution < -0.4 is 15.9 Å². The summed E-state index contributed by atoms with van der Waals surface area (Å²) in [6.07, 6.45) is 9.81. The molecule has 0 atom stereocenters. The SMILES string of the molecule is C1=CNC=c2[nH]ccc2=C1. The third-order valence-corrected chi connectivity index (χ3v) is 1.51. The van der Waals surface area contributed by atoms with Crippen LogP contribution in [0.3, 0.4) is 0 Å². The monoisotopic (exact) mass is 132 g/mol.